The van der Waals surface area contributed by atoms with Crippen LogP contribution in [0.4, 0.5) is 10.2 Å². The lowest BCUT2D eigenvalue weighted by Crippen LogP contribution is -2.28. The Bertz CT molecular complexity index is 901. The van der Waals surface area contributed by atoms with Crippen molar-refractivity contribution >= 4 is 23.1 Å². The average molecular weight is 372 g/mol. The molecule has 0 amide bonds. The molecule has 0 bridgehead atoms. The minimum atomic E-state index is -0.235. The van der Waals surface area contributed by atoms with Crippen molar-refractivity contribution in [1.29, 1.82) is 0 Å². The fourth-order valence-corrected chi connectivity index (χ4v) is 2.71. The number of nitrogens with one attached hydrogen (secondary N) is 2. The summed E-state index contributed by atoms with van der Waals surface area (Å²) in [6.45, 7) is 5.75. The van der Waals surface area contributed by atoms with Crippen molar-refractivity contribution < 1.29 is 4.39 Å². The van der Waals surface area contributed by atoms with Gasteiger partial charge in [0.2, 0.25) is 0 Å². The molecule has 0 radical (unpaired) electrons. The van der Waals surface area contributed by atoms with Gasteiger partial charge in [-0.05, 0) is 32.1 Å². The Kier molecular flexibility index (Phi) is 5.62. The van der Waals surface area contributed by atoms with Gasteiger partial charge in [-0.1, -0.05) is 18.2 Å². The number of nitrogens with zero attached hydrogens (tertiary/aromatic N) is 4. The first-order valence-electron chi connectivity index (χ1n) is 8.39. The summed E-state index contributed by atoms with van der Waals surface area (Å²) in [6.07, 6.45) is 3.79. The number of halogens is 1. The molecule has 0 spiro atoms. The van der Waals surface area contributed by atoms with E-state index in [0.29, 0.717) is 29.6 Å². The summed E-state index contributed by atoms with van der Waals surface area (Å²) in [5.74, 6) is 0.391. The third kappa shape index (κ3) is 4.45. The smallest absolute Gasteiger partial charge is 0.172 e. The SMILES string of the molecule is CCn1cc(CNC(=S)Nc2cc(C)n(Cc3ccccc3F)n2)cn1. The molecule has 8 heteroatoms. The molecule has 0 unspecified atom stereocenters. The predicted octanol–water partition coefficient (Wildman–Crippen LogP) is 3.08. The Balaban J connectivity index is 1.58. The average Bonchev–Trinajstić information content (AvgIpc) is 3.22. The molecular weight excluding hydrogens is 351 g/mol. The van der Waals surface area contributed by atoms with Crippen LogP contribution in [0.3, 0.4) is 0 Å². The second-order valence-electron chi connectivity index (χ2n) is 5.93. The number of aryl methyl sites for hydroxylation is 2. The Morgan fingerprint density at radius 1 is 1.31 bits per heavy atom. The maximum absolute atomic E-state index is 13.8. The van der Waals surface area contributed by atoms with E-state index in [2.05, 4.69) is 20.8 Å². The summed E-state index contributed by atoms with van der Waals surface area (Å²) in [6, 6.07) is 8.58. The third-order valence-corrected chi connectivity index (χ3v) is 4.21. The van der Waals surface area contributed by atoms with Crippen LogP contribution >= 0.6 is 12.2 Å². The summed E-state index contributed by atoms with van der Waals surface area (Å²) in [4.78, 5) is 0. The van der Waals surface area contributed by atoms with Crippen LogP contribution < -0.4 is 10.6 Å². The van der Waals surface area contributed by atoms with E-state index in [0.717, 1.165) is 17.8 Å². The van der Waals surface area contributed by atoms with Gasteiger partial charge < -0.3 is 10.6 Å². The molecule has 1 aromatic carbocycles. The number of rotatable bonds is 6. The van der Waals surface area contributed by atoms with Crippen LogP contribution in [0.5, 0.6) is 0 Å². The first-order chi connectivity index (χ1) is 12.5. The van der Waals surface area contributed by atoms with Crippen molar-refractivity contribution in [2.45, 2.75) is 33.5 Å². The summed E-state index contributed by atoms with van der Waals surface area (Å²) >= 11 is 5.31. The molecule has 0 saturated carbocycles. The highest BCUT2D eigenvalue weighted by molar-refractivity contribution is 7.80. The molecule has 2 N–H and O–H groups in total. The van der Waals surface area contributed by atoms with Gasteiger partial charge >= 0.3 is 0 Å². The standard InChI is InChI=1S/C18H21FN6S/c1-3-24-11-14(10-21-24)9-20-18(26)22-17-8-13(2)25(23-17)12-15-6-4-5-7-16(15)19/h4-8,10-11H,3,9,12H2,1-2H3,(H2,20,22,23,26). The second-order valence-corrected chi connectivity index (χ2v) is 6.34. The van der Waals surface area contributed by atoms with E-state index < -0.39 is 0 Å². The summed E-state index contributed by atoms with van der Waals surface area (Å²) in [7, 11) is 0. The molecule has 26 heavy (non-hydrogen) atoms. The monoisotopic (exact) mass is 372 g/mol. The molecule has 0 aliphatic carbocycles. The maximum Gasteiger partial charge on any atom is 0.172 e. The minimum absolute atomic E-state index is 0.235. The minimum Gasteiger partial charge on any atom is -0.358 e. The van der Waals surface area contributed by atoms with Gasteiger partial charge in [0.15, 0.2) is 10.9 Å². The van der Waals surface area contributed by atoms with E-state index in [1.54, 1.807) is 16.8 Å². The van der Waals surface area contributed by atoms with Gasteiger partial charge in [-0.2, -0.15) is 10.2 Å². The van der Waals surface area contributed by atoms with Crippen molar-refractivity contribution in [3.05, 3.63) is 65.4 Å². The molecule has 0 atom stereocenters. The normalized spacial score (nSPS) is 10.7. The zero-order valence-electron chi connectivity index (χ0n) is 14.7. The van der Waals surface area contributed by atoms with Gasteiger partial charge in [0.05, 0.1) is 12.7 Å². The largest absolute Gasteiger partial charge is 0.358 e. The van der Waals surface area contributed by atoms with E-state index in [4.69, 9.17) is 12.2 Å². The number of hydrogen-bond acceptors (Lipinski definition) is 3. The highest BCUT2D eigenvalue weighted by Gasteiger charge is 2.09. The van der Waals surface area contributed by atoms with Gasteiger partial charge in [0.1, 0.15) is 5.82 Å². The molecule has 2 aromatic heterocycles. The van der Waals surface area contributed by atoms with Gasteiger partial charge in [0, 0.05) is 42.2 Å². The zero-order chi connectivity index (χ0) is 18.5. The summed E-state index contributed by atoms with van der Waals surface area (Å²) in [5.41, 5.74) is 2.57. The lowest BCUT2D eigenvalue weighted by Gasteiger charge is -2.07. The number of hydrogen-bond donors (Lipinski definition) is 2. The van der Waals surface area contributed by atoms with E-state index in [9.17, 15) is 4.39 Å². The molecule has 3 aromatic rings. The number of aromatic nitrogens is 4. The number of anilines is 1. The van der Waals surface area contributed by atoms with E-state index in [-0.39, 0.29) is 5.82 Å². The van der Waals surface area contributed by atoms with E-state index in [1.807, 2.05) is 43.1 Å². The molecule has 136 valence electrons. The highest BCUT2D eigenvalue weighted by Crippen LogP contribution is 2.13. The summed E-state index contributed by atoms with van der Waals surface area (Å²) in [5, 5.41) is 15.3. The lowest BCUT2D eigenvalue weighted by atomic mass is 10.2. The van der Waals surface area contributed by atoms with Gasteiger partial charge in [-0.15, -0.1) is 0 Å². The predicted molar refractivity (Wildman–Crippen MR) is 103 cm³/mol. The topological polar surface area (TPSA) is 59.7 Å². The molecular formula is C18H21FN6S. The van der Waals surface area contributed by atoms with E-state index in [1.165, 1.54) is 6.07 Å². The van der Waals surface area contributed by atoms with Crippen molar-refractivity contribution in [3.63, 3.8) is 0 Å². The van der Waals surface area contributed by atoms with E-state index >= 15 is 0 Å². The third-order valence-electron chi connectivity index (χ3n) is 3.96. The van der Waals surface area contributed by atoms with Crippen LogP contribution in [0.1, 0.15) is 23.7 Å². The van der Waals surface area contributed by atoms with Gasteiger partial charge in [-0.3, -0.25) is 9.36 Å². The maximum atomic E-state index is 13.8. The summed E-state index contributed by atoms with van der Waals surface area (Å²) < 4.78 is 17.4. The molecule has 3 rings (SSSR count). The highest BCUT2D eigenvalue weighted by atomic mass is 32.1. The molecule has 0 aliphatic heterocycles. The Morgan fingerprint density at radius 3 is 2.85 bits per heavy atom. The van der Waals surface area contributed by atoms with Crippen molar-refractivity contribution in [2.24, 2.45) is 0 Å². The van der Waals surface area contributed by atoms with Crippen LogP contribution in [0.25, 0.3) is 0 Å². The first-order valence-corrected chi connectivity index (χ1v) is 8.80. The van der Waals surface area contributed by atoms with Crippen LogP contribution in [0.15, 0.2) is 42.7 Å². The molecule has 6 nitrogen and oxygen atoms in total. The fourth-order valence-electron chi connectivity index (χ4n) is 2.53. The second kappa shape index (κ2) is 8.09. The Labute approximate surface area is 157 Å². The molecule has 0 fully saturated rings. The van der Waals surface area contributed by atoms with Crippen LogP contribution in [0, 0.1) is 12.7 Å². The van der Waals surface area contributed by atoms with Crippen molar-refractivity contribution in [2.75, 3.05) is 5.32 Å². The number of benzene rings is 1. The first kappa shape index (κ1) is 18.1. The molecule has 0 saturated heterocycles. The van der Waals surface area contributed by atoms with Crippen molar-refractivity contribution in [1.82, 2.24) is 24.9 Å². The van der Waals surface area contributed by atoms with Crippen molar-refractivity contribution in [3.8, 4) is 0 Å². The molecule has 2 heterocycles. The van der Waals surface area contributed by atoms with Gasteiger partial charge in [-0.25, -0.2) is 4.39 Å². The zero-order valence-corrected chi connectivity index (χ0v) is 15.6. The van der Waals surface area contributed by atoms with Gasteiger partial charge in [0.25, 0.3) is 0 Å². The van der Waals surface area contributed by atoms with Crippen LogP contribution in [-0.4, -0.2) is 24.7 Å². The Hall–Kier alpha value is -2.74. The number of thiocarbonyl (C=S) groups is 1. The van der Waals surface area contributed by atoms with Crippen LogP contribution in [0.2, 0.25) is 0 Å². The fraction of sp³-hybridized carbons (Fsp3) is 0.278. The Morgan fingerprint density at radius 2 is 2.12 bits per heavy atom. The lowest BCUT2D eigenvalue weighted by molar-refractivity contribution is 0.581. The molecule has 0 aliphatic rings. The van der Waals surface area contributed by atoms with Crippen LogP contribution in [-0.2, 0) is 19.6 Å². The quantitative estimate of drug-likeness (QED) is 0.651.